The fourth-order valence-electron chi connectivity index (χ4n) is 1.77. The van der Waals surface area contributed by atoms with Crippen molar-refractivity contribution < 1.29 is 13.2 Å². The van der Waals surface area contributed by atoms with Crippen LogP contribution in [-0.2, 0) is 16.6 Å². The highest BCUT2D eigenvalue weighted by Crippen LogP contribution is 2.23. The summed E-state index contributed by atoms with van der Waals surface area (Å²) in [6, 6.07) is 3.90. The number of ether oxygens (including phenoxy) is 1. The van der Waals surface area contributed by atoms with E-state index in [4.69, 9.17) is 4.74 Å². The van der Waals surface area contributed by atoms with E-state index in [2.05, 4.69) is 4.72 Å². The van der Waals surface area contributed by atoms with Gasteiger partial charge in [-0.05, 0) is 37.5 Å². The molecule has 1 rings (SSSR count). The van der Waals surface area contributed by atoms with Crippen LogP contribution < -0.4 is 9.46 Å². The third kappa shape index (κ3) is 4.84. The number of sulfonamides is 1. The van der Waals surface area contributed by atoms with Crippen molar-refractivity contribution >= 4 is 10.0 Å². The van der Waals surface area contributed by atoms with Gasteiger partial charge in [0.1, 0.15) is 5.75 Å². The maximum atomic E-state index is 11.8. The Morgan fingerprint density at radius 2 is 1.84 bits per heavy atom. The van der Waals surface area contributed by atoms with Crippen molar-refractivity contribution in [3.8, 4) is 5.75 Å². The molecule has 0 atom stereocenters. The van der Waals surface area contributed by atoms with E-state index < -0.39 is 10.0 Å². The van der Waals surface area contributed by atoms with Crippen LogP contribution in [0.25, 0.3) is 0 Å². The molecule has 4 nitrogen and oxygen atoms in total. The minimum atomic E-state index is -3.20. The first-order valence-corrected chi connectivity index (χ1v) is 8.16. The number of unbranched alkanes of at least 4 members (excludes halogenated alkanes) is 1. The standard InChI is InChI=1S/C14H23NO3S/c1-5-6-7-19(16,17)15-10-13-8-11(2)12(3)9-14(13)18-4/h8-9,15H,5-7,10H2,1-4H3. The lowest BCUT2D eigenvalue weighted by atomic mass is 10.1. The molecule has 1 aromatic rings. The number of methoxy groups -OCH3 is 1. The van der Waals surface area contributed by atoms with Gasteiger partial charge in [-0.15, -0.1) is 0 Å². The summed E-state index contributed by atoms with van der Waals surface area (Å²) in [6.45, 7) is 6.26. The Balaban J connectivity index is 2.80. The highest BCUT2D eigenvalue weighted by atomic mass is 32.2. The normalized spacial score (nSPS) is 11.6. The van der Waals surface area contributed by atoms with Crippen LogP contribution in [0, 0.1) is 13.8 Å². The van der Waals surface area contributed by atoms with Gasteiger partial charge >= 0.3 is 0 Å². The van der Waals surface area contributed by atoms with Crippen molar-refractivity contribution in [3.05, 3.63) is 28.8 Å². The molecule has 0 amide bonds. The van der Waals surface area contributed by atoms with E-state index in [1.54, 1.807) is 7.11 Å². The second-order valence-corrected chi connectivity index (χ2v) is 6.67. The van der Waals surface area contributed by atoms with Gasteiger partial charge in [0, 0.05) is 12.1 Å². The number of benzene rings is 1. The predicted octanol–water partition coefficient (Wildman–Crippen LogP) is 2.53. The van der Waals surface area contributed by atoms with Gasteiger partial charge in [-0.2, -0.15) is 0 Å². The quantitative estimate of drug-likeness (QED) is 0.837. The average Bonchev–Trinajstić information content (AvgIpc) is 2.37. The fourth-order valence-corrected chi connectivity index (χ4v) is 2.96. The largest absolute Gasteiger partial charge is 0.496 e. The van der Waals surface area contributed by atoms with Gasteiger partial charge in [0.2, 0.25) is 10.0 Å². The van der Waals surface area contributed by atoms with Gasteiger partial charge in [-0.25, -0.2) is 13.1 Å². The van der Waals surface area contributed by atoms with Crippen LogP contribution in [-0.4, -0.2) is 21.3 Å². The number of hydrogen-bond acceptors (Lipinski definition) is 3. The molecule has 0 fully saturated rings. The van der Waals surface area contributed by atoms with Crippen molar-refractivity contribution in [1.29, 1.82) is 0 Å². The topological polar surface area (TPSA) is 55.4 Å². The van der Waals surface area contributed by atoms with E-state index in [0.29, 0.717) is 6.42 Å². The Morgan fingerprint density at radius 3 is 2.42 bits per heavy atom. The molecule has 108 valence electrons. The van der Waals surface area contributed by atoms with Crippen LogP contribution in [0.15, 0.2) is 12.1 Å². The molecule has 0 aromatic heterocycles. The summed E-state index contributed by atoms with van der Waals surface area (Å²) in [5.74, 6) is 0.901. The van der Waals surface area contributed by atoms with Gasteiger partial charge < -0.3 is 4.74 Å². The Hall–Kier alpha value is -1.07. The summed E-state index contributed by atoms with van der Waals surface area (Å²) in [5, 5.41) is 0. The van der Waals surface area contributed by atoms with Gasteiger partial charge in [-0.1, -0.05) is 19.4 Å². The van der Waals surface area contributed by atoms with Crippen LogP contribution in [0.3, 0.4) is 0 Å². The SMILES string of the molecule is CCCCS(=O)(=O)NCc1cc(C)c(C)cc1OC. The molecular formula is C14H23NO3S. The molecule has 0 aliphatic heterocycles. The molecule has 0 saturated carbocycles. The van der Waals surface area contributed by atoms with E-state index in [1.807, 2.05) is 32.9 Å². The zero-order valence-corrected chi connectivity index (χ0v) is 12.9. The Labute approximate surface area is 116 Å². The van der Waals surface area contributed by atoms with Gasteiger partial charge in [-0.3, -0.25) is 0 Å². The van der Waals surface area contributed by atoms with Crippen LogP contribution in [0.1, 0.15) is 36.5 Å². The van der Waals surface area contributed by atoms with Gasteiger partial charge in [0.25, 0.3) is 0 Å². The molecule has 0 bridgehead atoms. The fraction of sp³-hybridized carbons (Fsp3) is 0.571. The average molecular weight is 285 g/mol. The minimum Gasteiger partial charge on any atom is -0.496 e. The molecule has 0 unspecified atom stereocenters. The lowest BCUT2D eigenvalue weighted by Gasteiger charge is -2.13. The smallest absolute Gasteiger partial charge is 0.211 e. The first-order valence-electron chi connectivity index (χ1n) is 6.51. The Bertz CT molecular complexity index is 524. The zero-order chi connectivity index (χ0) is 14.5. The van der Waals surface area contributed by atoms with Crippen LogP contribution >= 0.6 is 0 Å². The Kier molecular flexibility index (Phi) is 5.82. The van der Waals surface area contributed by atoms with Crippen molar-refractivity contribution in [2.45, 2.75) is 40.2 Å². The summed E-state index contributed by atoms with van der Waals surface area (Å²) in [4.78, 5) is 0. The second-order valence-electron chi connectivity index (χ2n) is 4.74. The molecule has 0 aliphatic carbocycles. The first-order chi connectivity index (χ1) is 8.89. The summed E-state index contributed by atoms with van der Waals surface area (Å²) < 4.78 is 31.4. The summed E-state index contributed by atoms with van der Waals surface area (Å²) in [5.41, 5.74) is 3.13. The molecular weight excluding hydrogens is 262 g/mol. The predicted molar refractivity (Wildman–Crippen MR) is 78.0 cm³/mol. The number of rotatable bonds is 7. The number of hydrogen-bond donors (Lipinski definition) is 1. The van der Waals surface area contributed by atoms with E-state index in [-0.39, 0.29) is 12.3 Å². The summed E-state index contributed by atoms with van der Waals surface area (Å²) >= 11 is 0. The first kappa shape index (κ1) is 16.0. The molecule has 0 spiro atoms. The zero-order valence-electron chi connectivity index (χ0n) is 12.1. The molecule has 0 heterocycles. The second kappa shape index (κ2) is 6.91. The monoisotopic (exact) mass is 285 g/mol. The maximum Gasteiger partial charge on any atom is 0.211 e. The molecule has 0 aliphatic rings. The van der Waals surface area contributed by atoms with Crippen molar-refractivity contribution in [2.75, 3.05) is 12.9 Å². The van der Waals surface area contributed by atoms with Crippen molar-refractivity contribution in [3.63, 3.8) is 0 Å². The maximum absolute atomic E-state index is 11.8. The summed E-state index contributed by atoms with van der Waals surface area (Å²) in [7, 11) is -1.60. The highest BCUT2D eigenvalue weighted by Gasteiger charge is 2.12. The van der Waals surface area contributed by atoms with Crippen LogP contribution in [0.2, 0.25) is 0 Å². The molecule has 5 heteroatoms. The lowest BCUT2D eigenvalue weighted by Crippen LogP contribution is -2.26. The van der Waals surface area contributed by atoms with E-state index >= 15 is 0 Å². The van der Waals surface area contributed by atoms with E-state index in [1.165, 1.54) is 0 Å². The molecule has 1 aromatic carbocycles. The van der Waals surface area contributed by atoms with E-state index in [9.17, 15) is 8.42 Å². The third-order valence-electron chi connectivity index (χ3n) is 3.15. The number of aryl methyl sites for hydroxylation is 2. The van der Waals surface area contributed by atoms with Crippen LogP contribution in [0.4, 0.5) is 0 Å². The van der Waals surface area contributed by atoms with Gasteiger partial charge in [0.15, 0.2) is 0 Å². The third-order valence-corrected chi connectivity index (χ3v) is 4.56. The highest BCUT2D eigenvalue weighted by molar-refractivity contribution is 7.89. The van der Waals surface area contributed by atoms with Gasteiger partial charge in [0.05, 0.1) is 12.9 Å². The van der Waals surface area contributed by atoms with Crippen molar-refractivity contribution in [1.82, 2.24) is 4.72 Å². The Morgan fingerprint density at radius 1 is 1.21 bits per heavy atom. The summed E-state index contributed by atoms with van der Waals surface area (Å²) in [6.07, 6.45) is 1.55. The molecule has 0 radical (unpaired) electrons. The molecule has 0 saturated heterocycles. The minimum absolute atomic E-state index is 0.177. The lowest BCUT2D eigenvalue weighted by molar-refractivity contribution is 0.408. The number of nitrogens with one attached hydrogen (secondary N) is 1. The van der Waals surface area contributed by atoms with Crippen LogP contribution in [0.5, 0.6) is 5.75 Å². The van der Waals surface area contributed by atoms with E-state index in [0.717, 1.165) is 28.9 Å². The van der Waals surface area contributed by atoms with Crippen molar-refractivity contribution in [2.24, 2.45) is 0 Å². The molecule has 19 heavy (non-hydrogen) atoms. The molecule has 1 N–H and O–H groups in total.